The Hall–Kier alpha value is -1.29. The lowest BCUT2D eigenvalue weighted by Gasteiger charge is -2.15. The van der Waals surface area contributed by atoms with E-state index in [1.165, 1.54) is 6.07 Å². The molecule has 3 nitrogen and oxygen atoms in total. The number of rotatable bonds is 1. The molecule has 1 aromatic carbocycles. The molecule has 0 aromatic heterocycles. The van der Waals surface area contributed by atoms with Crippen LogP contribution in [-0.2, 0) is 0 Å². The van der Waals surface area contributed by atoms with Crippen LogP contribution in [0.4, 0.5) is 4.39 Å². The molecule has 2 aliphatic heterocycles. The third-order valence-corrected chi connectivity index (χ3v) is 3.30. The topological polar surface area (TPSA) is 30.5 Å². The van der Waals surface area contributed by atoms with Gasteiger partial charge in [0.1, 0.15) is 5.82 Å². The fourth-order valence-electron chi connectivity index (χ4n) is 2.42. The molecule has 1 aromatic rings. The van der Waals surface area contributed by atoms with Crippen molar-refractivity contribution in [2.45, 2.75) is 25.3 Å². The molecule has 1 unspecified atom stereocenters. The van der Waals surface area contributed by atoms with Gasteiger partial charge in [0.25, 0.3) is 0 Å². The summed E-state index contributed by atoms with van der Waals surface area (Å²) in [5, 5.41) is 3.30. The van der Waals surface area contributed by atoms with Gasteiger partial charge < -0.3 is 14.8 Å². The molecule has 1 N–H and O–H groups in total. The second kappa shape index (κ2) is 4.53. The zero-order valence-electron chi connectivity index (χ0n) is 9.67. The fourth-order valence-corrected chi connectivity index (χ4v) is 2.42. The van der Waals surface area contributed by atoms with Crippen LogP contribution in [0.1, 0.15) is 30.9 Å². The van der Waals surface area contributed by atoms with E-state index >= 15 is 0 Å². The lowest BCUT2D eigenvalue weighted by Crippen LogP contribution is -2.14. The number of hydrogen-bond donors (Lipinski definition) is 1. The van der Waals surface area contributed by atoms with Crippen LogP contribution in [-0.4, -0.2) is 19.8 Å². The Kier molecular flexibility index (Phi) is 2.89. The zero-order chi connectivity index (χ0) is 11.7. The van der Waals surface area contributed by atoms with Gasteiger partial charge in [0.05, 0.1) is 13.2 Å². The summed E-state index contributed by atoms with van der Waals surface area (Å²) in [4.78, 5) is 0. The first-order chi connectivity index (χ1) is 8.34. The number of halogens is 1. The van der Waals surface area contributed by atoms with Crippen LogP contribution in [0.25, 0.3) is 0 Å². The minimum atomic E-state index is -0.200. The first-order valence-corrected chi connectivity index (χ1v) is 6.17. The molecule has 92 valence electrons. The lowest BCUT2D eigenvalue weighted by molar-refractivity contribution is 0.296. The molecule has 1 saturated heterocycles. The van der Waals surface area contributed by atoms with Crippen LogP contribution in [0.15, 0.2) is 12.1 Å². The summed E-state index contributed by atoms with van der Waals surface area (Å²) in [5.74, 6) is 1.00. The molecule has 4 heteroatoms. The maximum Gasteiger partial charge on any atom is 0.164 e. The van der Waals surface area contributed by atoms with E-state index in [2.05, 4.69) is 5.32 Å². The van der Waals surface area contributed by atoms with Crippen molar-refractivity contribution in [3.63, 3.8) is 0 Å². The molecule has 0 aliphatic carbocycles. The summed E-state index contributed by atoms with van der Waals surface area (Å²) in [6.45, 7) is 2.18. The predicted molar refractivity (Wildman–Crippen MR) is 62.0 cm³/mol. The van der Waals surface area contributed by atoms with E-state index in [9.17, 15) is 4.39 Å². The van der Waals surface area contributed by atoms with Gasteiger partial charge >= 0.3 is 0 Å². The van der Waals surface area contributed by atoms with E-state index in [1.54, 1.807) is 6.07 Å². The Morgan fingerprint density at radius 2 is 1.88 bits per heavy atom. The standard InChI is InChI=1S/C13H16FNO2/c14-10-8-13-12(16-5-2-6-17-13)7-9(10)11-3-1-4-15-11/h7-8,11,15H,1-6H2. The summed E-state index contributed by atoms with van der Waals surface area (Å²) in [5.41, 5.74) is 0.701. The summed E-state index contributed by atoms with van der Waals surface area (Å²) in [6, 6.07) is 3.36. The van der Waals surface area contributed by atoms with Crippen molar-refractivity contribution in [1.82, 2.24) is 5.32 Å². The molecule has 3 rings (SSSR count). The smallest absolute Gasteiger partial charge is 0.164 e. The van der Waals surface area contributed by atoms with Gasteiger partial charge in [0.15, 0.2) is 11.5 Å². The van der Waals surface area contributed by atoms with Gasteiger partial charge in [-0.25, -0.2) is 4.39 Å². The predicted octanol–water partition coefficient (Wildman–Crippen LogP) is 2.41. The monoisotopic (exact) mass is 237 g/mol. The molecule has 0 radical (unpaired) electrons. The van der Waals surface area contributed by atoms with E-state index in [4.69, 9.17) is 9.47 Å². The van der Waals surface area contributed by atoms with Gasteiger partial charge in [-0.15, -0.1) is 0 Å². The summed E-state index contributed by atoms with van der Waals surface area (Å²) < 4.78 is 25.0. The maximum atomic E-state index is 14.0. The highest BCUT2D eigenvalue weighted by atomic mass is 19.1. The molecule has 1 fully saturated rings. The third kappa shape index (κ3) is 2.09. The first kappa shape index (κ1) is 10.8. The van der Waals surface area contributed by atoms with Crippen LogP contribution in [0.2, 0.25) is 0 Å². The number of nitrogens with one attached hydrogen (secondary N) is 1. The minimum Gasteiger partial charge on any atom is -0.490 e. The molecule has 0 saturated carbocycles. The van der Waals surface area contributed by atoms with E-state index in [1.807, 2.05) is 0 Å². The second-order valence-corrected chi connectivity index (χ2v) is 4.52. The maximum absolute atomic E-state index is 14.0. The van der Waals surface area contributed by atoms with Crippen molar-refractivity contribution in [2.75, 3.05) is 19.8 Å². The van der Waals surface area contributed by atoms with E-state index in [0.717, 1.165) is 25.8 Å². The van der Waals surface area contributed by atoms with E-state index in [0.29, 0.717) is 30.3 Å². The number of benzene rings is 1. The largest absolute Gasteiger partial charge is 0.490 e. The van der Waals surface area contributed by atoms with Crippen LogP contribution in [0, 0.1) is 5.82 Å². The lowest BCUT2D eigenvalue weighted by atomic mass is 10.0. The highest BCUT2D eigenvalue weighted by molar-refractivity contribution is 5.45. The van der Waals surface area contributed by atoms with Gasteiger partial charge in [-0.05, 0) is 25.5 Å². The summed E-state index contributed by atoms with van der Waals surface area (Å²) in [6.07, 6.45) is 2.92. The Morgan fingerprint density at radius 3 is 2.59 bits per heavy atom. The van der Waals surface area contributed by atoms with Gasteiger partial charge in [-0.1, -0.05) is 0 Å². The van der Waals surface area contributed by atoms with Crippen molar-refractivity contribution in [1.29, 1.82) is 0 Å². The highest BCUT2D eigenvalue weighted by Gasteiger charge is 2.23. The number of fused-ring (bicyclic) bond motifs is 1. The summed E-state index contributed by atoms with van der Waals surface area (Å²) >= 11 is 0. The van der Waals surface area contributed by atoms with Crippen molar-refractivity contribution < 1.29 is 13.9 Å². The van der Waals surface area contributed by atoms with Crippen molar-refractivity contribution in [2.24, 2.45) is 0 Å². The molecule has 17 heavy (non-hydrogen) atoms. The fraction of sp³-hybridized carbons (Fsp3) is 0.538. The van der Waals surface area contributed by atoms with Gasteiger partial charge in [-0.3, -0.25) is 0 Å². The van der Waals surface area contributed by atoms with Crippen LogP contribution < -0.4 is 14.8 Å². The third-order valence-electron chi connectivity index (χ3n) is 3.30. The SMILES string of the molecule is Fc1cc2c(cc1C1CCCN1)OCCCO2. The van der Waals surface area contributed by atoms with Crippen LogP contribution >= 0.6 is 0 Å². The average Bonchev–Trinajstić information content (AvgIpc) is 2.75. The van der Waals surface area contributed by atoms with Crippen molar-refractivity contribution >= 4 is 0 Å². The molecular weight excluding hydrogens is 221 g/mol. The van der Waals surface area contributed by atoms with Gasteiger partial charge in [-0.2, -0.15) is 0 Å². The Bertz CT molecular complexity index is 416. The molecule has 0 spiro atoms. The second-order valence-electron chi connectivity index (χ2n) is 4.52. The Balaban J connectivity index is 1.96. The quantitative estimate of drug-likeness (QED) is 0.813. The molecule has 2 aliphatic rings. The number of hydrogen-bond acceptors (Lipinski definition) is 3. The average molecular weight is 237 g/mol. The van der Waals surface area contributed by atoms with E-state index < -0.39 is 0 Å². The normalized spacial score (nSPS) is 23.5. The zero-order valence-corrected chi connectivity index (χ0v) is 9.67. The Morgan fingerprint density at radius 1 is 1.12 bits per heavy atom. The highest BCUT2D eigenvalue weighted by Crippen LogP contribution is 2.36. The van der Waals surface area contributed by atoms with Crippen molar-refractivity contribution in [3.05, 3.63) is 23.5 Å². The van der Waals surface area contributed by atoms with E-state index in [-0.39, 0.29) is 11.9 Å². The van der Waals surface area contributed by atoms with Crippen LogP contribution in [0.5, 0.6) is 11.5 Å². The van der Waals surface area contributed by atoms with Crippen LogP contribution in [0.3, 0.4) is 0 Å². The molecule has 0 bridgehead atoms. The minimum absolute atomic E-state index is 0.118. The number of ether oxygens (including phenoxy) is 2. The molecule has 0 amide bonds. The molecule has 1 atom stereocenters. The van der Waals surface area contributed by atoms with Crippen molar-refractivity contribution in [3.8, 4) is 11.5 Å². The summed E-state index contributed by atoms with van der Waals surface area (Å²) in [7, 11) is 0. The molecular formula is C13H16FNO2. The first-order valence-electron chi connectivity index (χ1n) is 6.17. The Labute approximate surface area is 99.9 Å². The molecule has 2 heterocycles. The van der Waals surface area contributed by atoms with Gasteiger partial charge in [0, 0.05) is 24.1 Å². The van der Waals surface area contributed by atoms with Gasteiger partial charge in [0.2, 0.25) is 0 Å².